The van der Waals surface area contributed by atoms with Gasteiger partial charge in [-0.3, -0.25) is 13.7 Å². The van der Waals surface area contributed by atoms with E-state index >= 15 is 0 Å². The van der Waals surface area contributed by atoms with Gasteiger partial charge in [0.1, 0.15) is 23.3 Å². The van der Waals surface area contributed by atoms with Crippen LogP contribution in [0.5, 0.6) is 0 Å². The molecule has 23 aromatic carbocycles. The zero-order valence-corrected chi connectivity index (χ0v) is 73.2. The van der Waals surface area contributed by atoms with E-state index in [0.29, 0.717) is 0 Å². The number of aromatic nitrogens is 7. The van der Waals surface area contributed by atoms with Crippen molar-refractivity contribution in [1.82, 2.24) is 33.6 Å². The minimum absolute atomic E-state index is 0.801. The Labute approximate surface area is 778 Å². The topological polar surface area (TPSA) is 66.3 Å². The second kappa shape index (κ2) is 31.4. The molecule has 7 heteroatoms. The number of nitrogens with zero attached hydrogens (tertiary/aromatic N) is 7. The molecule has 0 fully saturated rings. The van der Waals surface area contributed by atoms with Crippen LogP contribution in [-0.4, -0.2) is 33.6 Å². The summed E-state index contributed by atoms with van der Waals surface area (Å²) in [5.41, 5.74) is 29.4. The van der Waals surface area contributed by atoms with Gasteiger partial charge in [0.05, 0.1) is 33.1 Å². The normalized spacial score (nSPS) is 11.9. The van der Waals surface area contributed by atoms with Crippen LogP contribution >= 0.6 is 0 Å². The number of rotatable bonds is 14. The van der Waals surface area contributed by atoms with E-state index in [1.165, 1.54) is 98.0 Å². The van der Waals surface area contributed by atoms with E-state index in [-0.39, 0.29) is 0 Å². The highest BCUT2D eigenvalue weighted by atomic mass is 15.1. The summed E-state index contributed by atoms with van der Waals surface area (Å²) in [5.74, 6) is 3.39. The average molecular weight is 1720 g/mol. The molecule has 4 aromatic heterocycles. The zero-order valence-electron chi connectivity index (χ0n) is 73.2. The highest BCUT2D eigenvalue weighted by Gasteiger charge is 2.27. The fraction of sp³-hybridized carbons (Fsp3) is 0. The summed E-state index contributed by atoms with van der Waals surface area (Å²) in [6.07, 6.45) is 1.86. The van der Waals surface area contributed by atoms with Gasteiger partial charge in [0.15, 0.2) is 0 Å². The molecule has 0 unspecified atom stereocenters. The largest absolute Gasteiger partial charge is 0.292 e. The first-order chi connectivity index (χ1) is 66.9. The van der Waals surface area contributed by atoms with Crippen molar-refractivity contribution in [3.8, 4) is 140 Å². The SMILES string of the molecule is c1ccc(-n2c(-c3ccc(-c4c5ccccc5c(-c5ccc6cc(-c7ccc8c(c7)nc(-c7ccc(-c9c%10ccccc%10c(-c%10ccc%11ccccc%11c%10)c%10ccccc9%10)cc7)n8-c7ccccn7)ccc6c5)c5ccc(-c6ccc7c(-c8ccc9ccccc9c8)c8ccccc8c(-c8cccc(-c9nc%10ccccc%10n9-c9ccccc9)c8)c7c6)cc45)cc3)nc3ccccc32)cc1. The highest BCUT2D eigenvalue weighted by Crippen LogP contribution is 2.52. The van der Waals surface area contributed by atoms with Crippen LogP contribution in [0.3, 0.4) is 0 Å². The van der Waals surface area contributed by atoms with Crippen LogP contribution in [0.25, 0.3) is 270 Å². The Balaban J connectivity index is 0.599. The summed E-state index contributed by atoms with van der Waals surface area (Å²) in [6, 6.07) is 174. The molecular formula is C128H79N7. The smallest absolute Gasteiger partial charge is 0.146 e. The second-order valence-corrected chi connectivity index (χ2v) is 35.4. The van der Waals surface area contributed by atoms with Crippen LogP contribution in [0.1, 0.15) is 0 Å². The molecule has 0 aliphatic heterocycles. The molecular weight excluding hydrogens is 1640 g/mol. The lowest BCUT2D eigenvalue weighted by Gasteiger charge is -2.21. The van der Waals surface area contributed by atoms with E-state index in [2.05, 4.69) is 475 Å². The molecule has 0 aliphatic carbocycles. The number of hydrogen-bond donors (Lipinski definition) is 0. The van der Waals surface area contributed by atoms with Gasteiger partial charge in [0.2, 0.25) is 0 Å². The molecule has 27 aromatic rings. The molecule has 626 valence electrons. The van der Waals surface area contributed by atoms with Crippen molar-refractivity contribution >= 4 is 130 Å². The molecule has 0 spiro atoms. The first-order valence-electron chi connectivity index (χ1n) is 46.2. The summed E-state index contributed by atoms with van der Waals surface area (Å²) < 4.78 is 6.79. The average Bonchev–Trinajstić information content (AvgIpc) is 1.40. The van der Waals surface area contributed by atoms with Gasteiger partial charge in [-0.1, -0.05) is 358 Å². The van der Waals surface area contributed by atoms with Crippen molar-refractivity contribution in [2.24, 2.45) is 0 Å². The molecule has 0 saturated heterocycles. The molecule has 4 heterocycles. The maximum Gasteiger partial charge on any atom is 0.146 e. The molecule has 0 radical (unpaired) electrons. The summed E-state index contributed by atoms with van der Waals surface area (Å²) >= 11 is 0. The molecule has 0 saturated carbocycles. The third-order valence-electron chi connectivity index (χ3n) is 27.8. The Hall–Kier alpha value is -18.0. The Morgan fingerprint density at radius 2 is 0.444 bits per heavy atom. The summed E-state index contributed by atoms with van der Waals surface area (Å²) in [4.78, 5) is 21.3. The lowest BCUT2D eigenvalue weighted by atomic mass is 9.83. The van der Waals surface area contributed by atoms with Crippen molar-refractivity contribution in [1.29, 1.82) is 0 Å². The quantitative estimate of drug-likeness (QED) is 0.102. The summed E-state index contributed by atoms with van der Waals surface area (Å²) in [7, 11) is 0. The van der Waals surface area contributed by atoms with Crippen molar-refractivity contribution in [3.05, 3.63) is 479 Å². The molecule has 135 heavy (non-hydrogen) atoms. The summed E-state index contributed by atoms with van der Waals surface area (Å²) in [6.45, 7) is 0. The molecule has 0 N–H and O–H groups in total. The van der Waals surface area contributed by atoms with Crippen LogP contribution in [-0.2, 0) is 0 Å². The minimum atomic E-state index is 0.801. The lowest BCUT2D eigenvalue weighted by Crippen LogP contribution is -1.99. The second-order valence-electron chi connectivity index (χ2n) is 35.4. The van der Waals surface area contributed by atoms with E-state index in [4.69, 9.17) is 19.9 Å². The molecule has 0 aliphatic rings. The lowest BCUT2D eigenvalue weighted by molar-refractivity contribution is 1.03. The van der Waals surface area contributed by atoms with E-state index in [9.17, 15) is 0 Å². The van der Waals surface area contributed by atoms with Crippen molar-refractivity contribution in [2.45, 2.75) is 0 Å². The van der Waals surface area contributed by atoms with E-state index in [1.54, 1.807) is 0 Å². The van der Waals surface area contributed by atoms with Gasteiger partial charge in [-0.2, -0.15) is 0 Å². The van der Waals surface area contributed by atoms with Crippen molar-refractivity contribution in [2.75, 3.05) is 0 Å². The van der Waals surface area contributed by atoms with Crippen LogP contribution in [0.15, 0.2) is 479 Å². The van der Waals surface area contributed by atoms with Crippen molar-refractivity contribution < 1.29 is 0 Å². The van der Waals surface area contributed by atoms with E-state index in [1.807, 2.05) is 18.3 Å². The number of imidazole rings is 3. The van der Waals surface area contributed by atoms with Gasteiger partial charge in [0.25, 0.3) is 0 Å². The van der Waals surface area contributed by atoms with Gasteiger partial charge in [-0.15, -0.1) is 0 Å². The Kier molecular flexibility index (Phi) is 17.9. The molecule has 0 amide bonds. The monoisotopic (exact) mass is 1710 g/mol. The van der Waals surface area contributed by atoms with Gasteiger partial charge in [-0.25, -0.2) is 19.9 Å². The summed E-state index contributed by atoms with van der Waals surface area (Å²) in [5, 5.41) is 21.3. The van der Waals surface area contributed by atoms with E-state index < -0.39 is 0 Å². The van der Waals surface area contributed by atoms with Crippen LogP contribution in [0, 0.1) is 0 Å². The predicted octanol–water partition coefficient (Wildman–Crippen LogP) is 33.8. The van der Waals surface area contributed by atoms with Gasteiger partial charge in [0, 0.05) is 34.3 Å². The maximum atomic E-state index is 5.56. The molecule has 0 atom stereocenters. The number of hydrogen-bond acceptors (Lipinski definition) is 4. The molecule has 7 nitrogen and oxygen atoms in total. The van der Waals surface area contributed by atoms with Gasteiger partial charge < -0.3 is 0 Å². The first-order valence-corrected chi connectivity index (χ1v) is 46.2. The van der Waals surface area contributed by atoms with Crippen LogP contribution in [0.2, 0.25) is 0 Å². The molecule has 27 rings (SSSR count). The van der Waals surface area contributed by atoms with Crippen molar-refractivity contribution in [3.63, 3.8) is 0 Å². The zero-order chi connectivity index (χ0) is 88.7. The predicted molar refractivity (Wildman–Crippen MR) is 565 cm³/mol. The van der Waals surface area contributed by atoms with Gasteiger partial charge in [-0.05, 0) is 301 Å². The Morgan fingerprint density at radius 1 is 0.148 bits per heavy atom. The maximum absolute atomic E-state index is 5.56. The highest BCUT2D eigenvalue weighted by molar-refractivity contribution is 6.26. The number of pyridine rings is 1. The fourth-order valence-corrected chi connectivity index (χ4v) is 21.7. The minimum Gasteiger partial charge on any atom is -0.292 e. The number of fused-ring (bicyclic) bond motifs is 12. The van der Waals surface area contributed by atoms with Crippen LogP contribution in [0.4, 0.5) is 0 Å². The third kappa shape index (κ3) is 12.8. The number of para-hydroxylation sites is 6. The first kappa shape index (κ1) is 77.0. The number of benzene rings is 23. The van der Waals surface area contributed by atoms with E-state index in [0.717, 1.165) is 172 Å². The Bertz CT molecular complexity index is 9480. The van der Waals surface area contributed by atoms with Crippen LogP contribution < -0.4 is 0 Å². The Morgan fingerprint density at radius 3 is 0.919 bits per heavy atom. The molecule has 0 bridgehead atoms. The standard InChI is InChI=1S/C128H79N7/c1-3-32-99(33-4-1)133-116-46-21-19-44-113(116)130-126(133)84-55-53-83(54-56-84)121-103-38-13-16-41-106(103)124(109-68-65-91(77-111(109)121)92-66-69-110-112(78-92)125(108-43-18-17-42-107(108)123(110)96-63-50-81-27-8-10-29-87(81)74-96)94-30-25-31-98(76-94)128-131-114-45-20-22-47-117(114)134(128)100-34-5-2-6-35-100)97-64-61-88-72-89(59-60-90(88)75-97)93-67-70-118-115(79-93)132-127(135(118)119-48-23-24-71-129-119)85-57-51-82(52-58-85)120-101-36-11-14-39-104(101)122(105-40-15-12-37-102(105)120)95-62-49-80-26-7-9-28-86(80)73-95/h1-79H. The van der Waals surface area contributed by atoms with Gasteiger partial charge >= 0.3 is 0 Å². The third-order valence-corrected chi connectivity index (χ3v) is 27.8. The fourth-order valence-electron chi connectivity index (χ4n) is 21.7.